The van der Waals surface area contributed by atoms with Crippen molar-refractivity contribution in [2.75, 3.05) is 0 Å². The third kappa shape index (κ3) is 1.19. The third-order valence-electron chi connectivity index (χ3n) is 2.78. The van der Waals surface area contributed by atoms with Crippen molar-refractivity contribution in [1.29, 1.82) is 0 Å². The van der Waals surface area contributed by atoms with Gasteiger partial charge < -0.3 is 0 Å². The number of Topliss-reactive ketones (excluding diaryl/α,β-unsaturated/α-hetero) is 1. The van der Waals surface area contributed by atoms with Gasteiger partial charge in [0.15, 0.2) is 5.78 Å². The van der Waals surface area contributed by atoms with Gasteiger partial charge in [0.1, 0.15) is 0 Å². The lowest BCUT2D eigenvalue weighted by molar-refractivity contribution is 0.0946. The first kappa shape index (κ1) is 8.49. The quantitative estimate of drug-likeness (QED) is 0.591. The van der Waals surface area contributed by atoms with Crippen LogP contribution in [0.25, 0.3) is 0 Å². The summed E-state index contributed by atoms with van der Waals surface area (Å²) in [7, 11) is 0. The van der Waals surface area contributed by atoms with Crippen LogP contribution in [-0.4, -0.2) is 5.78 Å². The molecule has 0 saturated carbocycles. The molecule has 0 heterocycles. The summed E-state index contributed by atoms with van der Waals surface area (Å²) in [5.41, 5.74) is 4.63. The summed E-state index contributed by atoms with van der Waals surface area (Å²) < 4.78 is 0. The van der Waals surface area contributed by atoms with E-state index in [4.69, 9.17) is 0 Å². The van der Waals surface area contributed by atoms with Gasteiger partial charge in [-0.25, -0.2) is 0 Å². The molecule has 1 nitrogen and oxygen atoms in total. The number of hydrogen-bond acceptors (Lipinski definition) is 1. The number of hydrogen-bond donors (Lipinski definition) is 0. The van der Waals surface area contributed by atoms with Crippen molar-refractivity contribution in [3.63, 3.8) is 0 Å². The van der Waals surface area contributed by atoms with E-state index in [9.17, 15) is 4.79 Å². The second-order valence-corrected chi connectivity index (χ2v) is 4.09. The lowest BCUT2D eigenvalue weighted by atomic mass is 10.0. The number of benzene rings is 1. The average molecular weight is 174 g/mol. The van der Waals surface area contributed by atoms with E-state index in [1.807, 2.05) is 13.8 Å². The topological polar surface area (TPSA) is 17.1 Å². The molecule has 0 saturated heterocycles. The highest BCUT2D eigenvalue weighted by atomic mass is 16.1. The van der Waals surface area contributed by atoms with Crippen molar-refractivity contribution in [3.05, 3.63) is 34.4 Å². The number of rotatable bonds is 0. The van der Waals surface area contributed by atoms with Crippen LogP contribution in [0, 0.1) is 19.8 Å². The lowest BCUT2D eigenvalue weighted by Crippen LogP contribution is -2.04. The second-order valence-electron chi connectivity index (χ2n) is 4.09. The Morgan fingerprint density at radius 3 is 2.69 bits per heavy atom. The van der Waals surface area contributed by atoms with E-state index < -0.39 is 0 Å². The minimum absolute atomic E-state index is 0.190. The molecule has 0 fully saturated rings. The van der Waals surface area contributed by atoms with Gasteiger partial charge in [-0.3, -0.25) is 4.79 Å². The zero-order valence-corrected chi connectivity index (χ0v) is 8.35. The lowest BCUT2D eigenvalue weighted by Gasteiger charge is -2.03. The van der Waals surface area contributed by atoms with E-state index in [2.05, 4.69) is 19.1 Å². The molecule has 1 aromatic rings. The summed E-state index contributed by atoms with van der Waals surface area (Å²) in [5.74, 6) is 0.517. The van der Waals surface area contributed by atoms with Crippen molar-refractivity contribution < 1.29 is 4.79 Å². The van der Waals surface area contributed by atoms with E-state index in [0.717, 1.165) is 17.5 Å². The molecule has 1 aliphatic carbocycles. The van der Waals surface area contributed by atoms with E-state index in [1.165, 1.54) is 11.1 Å². The SMILES string of the molecule is Cc1cc(C)c2c(c1)CC(C)C2=O. The molecule has 1 heteroatoms. The van der Waals surface area contributed by atoms with Crippen LogP contribution in [0.1, 0.15) is 34.0 Å². The first-order valence-electron chi connectivity index (χ1n) is 4.74. The van der Waals surface area contributed by atoms with Gasteiger partial charge >= 0.3 is 0 Å². The van der Waals surface area contributed by atoms with Crippen molar-refractivity contribution >= 4 is 5.78 Å². The van der Waals surface area contributed by atoms with Crippen LogP contribution in [0.4, 0.5) is 0 Å². The van der Waals surface area contributed by atoms with Gasteiger partial charge in [0.2, 0.25) is 0 Å². The van der Waals surface area contributed by atoms with Gasteiger partial charge in [0.05, 0.1) is 0 Å². The zero-order chi connectivity index (χ0) is 9.59. The van der Waals surface area contributed by atoms with Crippen LogP contribution >= 0.6 is 0 Å². The van der Waals surface area contributed by atoms with Crippen molar-refractivity contribution in [2.45, 2.75) is 27.2 Å². The summed E-state index contributed by atoms with van der Waals surface area (Å²) in [6.07, 6.45) is 0.927. The zero-order valence-electron chi connectivity index (χ0n) is 8.35. The predicted molar refractivity (Wildman–Crippen MR) is 53.1 cm³/mol. The first-order chi connectivity index (χ1) is 6.09. The molecule has 1 aromatic carbocycles. The fourth-order valence-electron chi connectivity index (χ4n) is 2.24. The standard InChI is InChI=1S/C12H14O/c1-7-4-8(2)11-10(5-7)6-9(3)12(11)13/h4-5,9H,6H2,1-3H3. The molecule has 0 bridgehead atoms. The van der Waals surface area contributed by atoms with Crippen LogP contribution < -0.4 is 0 Å². The van der Waals surface area contributed by atoms with Crippen molar-refractivity contribution in [1.82, 2.24) is 0 Å². The highest BCUT2D eigenvalue weighted by molar-refractivity contribution is 6.03. The molecule has 0 aromatic heterocycles. The van der Waals surface area contributed by atoms with Crippen molar-refractivity contribution in [3.8, 4) is 0 Å². The number of fused-ring (bicyclic) bond motifs is 1. The molecule has 68 valence electrons. The highest BCUT2D eigenvalue weighted by Crippen LogP contribution is 2.29. The van der Waals surface area contributed by atoms with Gasteiger partial charge in [-0.1, -0.05) is 24.6 Å². The highest BCUT2D eigenvalue weighted by Gasteiger charge is 2.28. The Morgan fingerprint density at radius 2 is 2.00 bits per heavy atom. The van der Waals surface area contributed by atoms with Gasteiger partial charge in [0.25, 0.3) is 0 Å². The molecule has 1 unspecified atom stereocenters. The van der Waals surface area contributed by atoms with E-state index >= 15 is 0 Å². The van der Waals surface area contributed by atoms with E-state index in [1.54, 1.807) is 0 Å². The molecule has 0 aliphatic heterocycles. The summed E-state index contributed by atoms with van der Waals surface area (Å²) in [5, 5.41) is 0. The summed E-state index contributed by atoms with van der Waals surface area (Å²) in [4.78, 5) is 11.7. The van der Waals surface area contributed by atoms with Gasteiger partial charge in [-0.2, -0.15) is 0 Å². The maximum absolute atomic E-state index is 11.7. The molecular formula is C12H14O. The normalized spacial score (nSPS) is 20.5. The average Bonchev–Trinajstić information content (AvgIpc) is 2.27. The Labute approximate surface area is 78.8 Å². The van der Waals surface area contributed by atoms with Crippen LogP contribution in [0.3, 0.4) is 0 Å². The number of carbonyl (C=O) groups is 1. The largest absolute Gasteiger partial charge is 0.294 e. The smallest absolute Gasteiger partial charge is 0.166 e. The molecule has 0 N–H and O–H groups in total. The summed E-state index contributed by atoms with van der Waals surface area (Å²) >= 11 is 0. The fraction of sp³-hybridized carbons (Fsp3) is 0.417. The van der Waals surface area contributed by atoms with Crippen LogP contribution in [0.5, 0.6) is 0 Å². The van der Waals surface area contributed by atoms with E-state index in [-0.39, 0.29) is 5.92 Å². The van der Waals surface area contributed by atoms with E-state index in [0.29, 0.717) is 5.78 Å². The monoisotopic (exact) mass is 174 g/mol. The third-order valence-corrected chi connectivity index (χ3v) is 2.78. The van der Waals surface area contributed by atoms with Gasteiger partial charge in [-0.05, 0) is 31.4 Å². The number of ketones is 1. The summed E-state index contributed by atoms with van der Waals surface area (Å²) in [6, 6.07) is 4.23. The molecule has 0 amide bonds. The Morgan fingerprint density at radius 1 is 1.31 bits per heavy atom. The second kappa shape index (κ2) is 2.69. The Kier molecular flexibility index (Phi) is 1.76. The fourth-order valence-corrected chi connectivity index (χ4v) is 2.24. The van der Waals surface area contributed by atoms with Crippen molar-refractivity contribution in [2.24, 2.45) is 5.92 Å². The molecule has 0 radical (unpaired) electrons. The van der Waals surface area contributed by atoms with Crippen LogP contribution in [0.2, 0.25) is 0 Å². The summed E-state index contributed by atoms with van der Waals surface area (Å²) in [6.45, 7) is 6.12. The Balaban J connectivity index is 2.64. The molecule has 1 atom stereocenters. The molecule has 0 spiro atoms. The minimum Gasteiger partial charge on any atom is -0.294 e. The van der Waals surface area contributed by atoms with Gasteiger partial charge in [0, 0.05) is 11.5 Å². The molecule has 13 heavy (non-hydrogen) atoms. The Bertz CT molecular complexity index is 377. The molecule has 1 aliphatic rings. The number of aryl methyl sites for hydroxylation is 2. The predicted octanol–water partition coefficient (Wildman–Crippen LogP) is 2.68. The first-order valence-corrected chi connectivity index (χ1v) is 4.74. The maximum Gasteiger partial charge on any atom is 0.166 e. The van der Waals surface area contributed by atoms with Gasteiger partial charge in [-0.15, -0.1) is 0 Å². The molecular weight excluding hydrogens is 160 g/mol. The van der Waals surface area contributed by atoms with Crippen LogP contribution in [0.15, 0.2) is 12.1 Å². The Hall–Kier alpha value is -1.11. The number of carbonyl (C=O) groups excluding carboxylic acids is 1. The maximum atomic E-state index is 11.7. The van der Waals surface area contributed by atoms with Crippen LogP contribution in [-0.2, 0) is 6.42 Å². The minimum atomic E-state index is 0.190. The molecule has 2 rings (SSSR count).